The summed E-state index contributed by atoms with van der Waals surface area (Å²) in [6, 6.07) is 0. The number of halogens is 1. The number of carbonyl (C=O) groups is 1. The van der Waals surface area contributed by atoms with Crippen LogP contribution in [0.2, 0.25) is 0 Å². The van der Waals surface area contributed by atoms with Gasteiger partial charge in [0.05, 0.1) is 12.5 Å². The van der Waals surface area contributed by atoms with Crippen LogP contribution in [0.15, 0.2) is 11.1 Å². The largest absolute Gasteiger partial charge is 0.378 e. The van der Waals surface area contributed by atoms with Crippen LogP contribution < -0.4 is 5.32 Å². The molecule has 1 saturated heterocycles. The number of ether oxygens (including phenoxy) is 1. The lowest BCUT2D eigenvalue weighted by atomic mass is 10.1. The van der Waals surface area contributed by atoms with E-state index in [1.54, 1.807) is 0 Å². The maximum atomic E-state index is 11.4. The number of amides is 1. The Balaban J connectivity index is 2.15. The minimum absolute atomic E-state index is 0.0394. The van der Waals surface area contributed by atoms with Crippen molar-refractivity contribution in [2.45, 2.75) is 31.8 Å². The molecule has 1 aliphatic rings. The van der Waals surface area contributed by atoms with Crippen molar-refractivity contribution in [3.05, 3.63) is 11.1 Å². The van der Waals surface area contributed by atoms with Gasteiger partial charge in [-0.1, -0.05) is 22.5 Å². The van der Waals surface area contributed by atoms with Crippen molar-refractivity contribution in [1.29, 1.82) is 0 Å². The van der Waals surface area contributed by atoms with Gasteiger partial charge in [0.15, 0.2) is 0 Å². The summed E-state index contributed by atoms with van der Waals surface area (Å²) >= 11 is 3.19. The molecular weight excluding hydrogens is 246 g/mol. The van der Waals surface area contributed by atoms with E-state index in [-0.39, 0.29) is 12.0 Å². The molecule has 14 heavy (non-hydrogen) atoms. The Hall–Kier alpha value is -0.350. The highest BCUT2D eigenvalue weighted by molar-refractivity contribution is 9.11. The SMILES string of the molecule is C=C(Br)CNC(=O)CC1CCCCO1. The lowest BCUT2D eigenvalue weighted by molar-refractivity contribution is -0.124. The van der Waals surface area contributed by atoms with Crippen LogP contribution in [0.25, 0.3) is 0 Å². The number of carbonyl (C=O) groups excluding carboxylic acids is 1. The molecule has 0 saturated carbocycles. The zero-order chi connectivity index (χ0) is 10.4. The third-order valence-electron chi connectivity index (χ3n) is 2.16. The fraction of sp³-hybridized carbons (Fsp3) is 0.700. The van der Waals surface area contributed by atoms with Gasteiger partial charge in [0.25, 0.3) is 0 Å². The summed E-state index contributed by atoms with van der Waals surface area (Å²) in [5.41, 5.74) is 0. The van der Waals surface area contributed by atoms with Crippen molar-refractivity contribution in [3.63, 3.8) is 0 Å². The van der Waals surface area contributed by atoms with Gasteiger partial charge in [0.2, 0.25) is 5.91 Å². The molecule has 80 valence electrons. The molecule has 0 aromatic heterocycles. The molecule has 1 aliphatic heterocycles. The molecule has 0 aromatic carbocycles. The first-order valence-corrected chi connectivity index (χ1v) is 5.69. The van der Waals surface area contributed by atoms with Gasteiger partial charge in [-0.05, 0) is 19.3 Å². The first kappa shape index (κ1) is 11.7. The van der Waals surface area contributed by atoms with E-state index >= 15 is 0 Å². The second-order valence-corrected chi connectivity index (χ2v) is 4.61. The third-order valence-corrected chi connectivity index (χ3v) is 2.44. The molecule has 0 aliphatic carbocycles. The fourth-order valence-corrected chi connectivity index (χ4v) is 1.58. The summed E-state index contributed by atoms with van der Waals surface area (Å²) in [6.45, 7) is 4.93. The molecule has 1 rings (SSSR count). The van der Waals surface area contributed by atoms with Crippen LogP contribution in [-0.2, 0) is 9.53 Å². The summed E-state index contributed by atoms with van der Waals surface area (Å²) in [5.74, 6) is 0.0394. The van der Waals surface area contributed by atoms with Crippen LogP contribution in [0.5, 0.6) is 0 Å². The van der Waals surface area contributed by atoms with Crippen molar-refractivity contribution in [2.75, 3.05) is 13.2 Å². The average Bonchev–Trinajstić information content (AvgIpc) is 2.16. The summed E-state index contributed by atoms with van der Waals surface area (Å²) in [5, 5.41) is 2.76. The normalized spacial score (nSPS) is 21.6. The number of rotatable bonds is 4. The first-order chi connectivity index (χ1) is 6.68. The van der Waals surface area contributed by atoms with Gasteiger partial charge < -0.3 is 10.1 Å². The van der Waals surface area contributed by atoms with Gasteiger partial charge in [0, 0.05) is 17.6 Å². The molecular formula is C10H16BrNO2. The molecule has 1 heterocycles. The summed E-state index contributed by atoms with van der Waals surface area (Å²) < 4.78 is 6.25. The predicted molar refractivity (Wildman–Crippen MR) is 59.3 cm³/mol. The molecule has 1 amide bonds. The highest BCUT2D eigenvalue weighted by Crippen LogP contribution is 2.15. The van der Waals surface area contributed by atoms with Gasteiger partial charge in [-0.3, -0.25) is 4.79 Å². The van der Waals surface area contributed by atoms with E-state index in [2.05, 4.69) is 27.8 Å². The standard InChI is InChI=1S/C10H16BrNO2/c1-8(11)7-12-10(13)6-9-4-2-3-5-14-9/h9H,1-7H2,(H,12,13). The minimum Gasteiger partial charge on any atom is -0.378 e. The minimum atomic E-state index is 0.0394. The van der Waals surface area contributed by atoms with E-state index in [9.17, 15) is 4.79 Å². The summed E-state index contributed by atoms with van der Waals surface area (Å²) in [7, 11) is 0. The van der Waals surface area contributed by atoms with Gasteiger partial charge in [0.1, 0.15) is 0 Å². The van der Waals surface area contributed by atoms with E-state index in [1.165, 1.54) is 6.42 Å². The summed E-state index contributed by atoms with van der Waals surface area (Å²) in [6.07, 6.45) is 3.88. The molecule has 1 fully saturated rings. The molecule has 3 nitrogen and oxygen atoms in total. The maximum absolute atomic E-state index is 11.4. The Morgan fingerprint density at radius 2 is 2.36 bits per heavy atom. The van der Waals surface area contributed by atoms with Crippen LogP contribution in [0, 0.1) is 0 Å². The van der Waals surface area contributed by atoms with Crippen LogP contribution in [-0.4, -0.2) is 25.2 Å². The molecule has 1 unspecified atom stereocenters. The Bertz CT molecular complexity index is 212. The Morgan fingerprint density at radius 1 is 1.57 bits per heavy atom. The van der Waals surface area contributed by atoms with E-state index in [0.29, 0.717) is 13.0 Å². The average molecular weight is 262 g/mol. The van der Waals surface area contributed by atoms with Gasteiger partial charge in [-0.2, -0.15) is 0 Å². The highest BCUT2D eigenvalue weighted by Gasteiger charge is 2.17. The molecule has 4 heteroatoms. The molecule has 0 bridgehead atoms. The zero-order valence-electron chi connectivity index (χ0n) is 8.22. The van der Waals surface area contributed by atoms with Crippen LogP contribution in [0.4, 0.5) is 0 Å². The summed E-state index contributed by atoms with van der Waals surface area (Å²) in [4.78, 5) is 11.4. The van der Waals surface area contributed by atoms with Gasteiger partial charge in [-0.25, -0.2) is 0 Å². The lowest BCUT2D eigenvalue weighted by Gasteiger charge is -2.21. The molecule has 1 N–H and O–H groups in total. The van der Waals surface area contributed by atoms with Crippen molar-refractivity contribution >= 4 is 21.8 Å². The van der Waals surface area contributed by atoms with Gasteiger partial charge in [-0.15, -0.1) is 0 Å². The number of nitrogens with one attached hydrogen (secondary N) is 1. The monoisotopic (exact) mass is 261 g/mol. The van der Waals surface area contributed by atoms with E-state index < -0.39 is 0 Å². The molecule has 0 spiro atoms. The quantitative estimate of drug-likeness (QED) is 0.841. The predicted octanol–water partition coefficient (Wildman–Crippen LogP) is 1.97. The first-order valence-electron chi connectivity index (χ1n) is 4.90. The van der Waals surface area contributed by atoms with Crippen molar-refractivity contribution in [2.24, 2.45) is 0 Å². The molecule has 0 radical (unpaired) electrons. The Labute approximate surface area is 93.0 Å². The Morgan fingerprint density at radius 3 is 2.93 bits per heavy atom. The second kappa shape index (κ2) is 6.19. The van der Waals surface area contributed by atoms with Crippen molar-refractivity contribution < 1.29 is 9.53 Å². The maximum Gasteiger partial charge on any atom is 0.222 e. The zero-order valence-corrected chi connectivity index (χ0v) is 9.81. The van der Waals surface area contributed by atoms with Crippen LogP contribution in [0.1, 0.15) is 25.7 Å². The van der Waals surface area contributed by atoms with Crippen LogP contribution in [0.3, 0.4) is 0 Å². The Kier molecular flexibility index (Phi) is 5.19. The molecule has 0 aromatic rings. The van der Waals surface area contributed by atoms with Crippen molar-refractivity contribution in [3.8, 4) is 0 Å². The highest BCUT2D eigenvalue weighted by atomic mass is 79.9. The molecule has 1 atom stereocenters. The number of hydrogen-bond acceptors (Lipinski definition) is 2. The van der Waals surface area contributed by atoms with E-state index in [1.807, 2.05) is 0 Å². The fourth-order valence-electron chi connectivity index (χ4n) is 1.44. The second-order valence-electron chi connectivity index (χ2n) is 3.49. The van der Waals surface area contributed by atoms with Gasteiger partial charge >= 0.3 is 0 Å². The lowest BCUT2D eigenvalue weighted by Crippen LogP contribution is -2.30. The topological polar surface area (TPSA) is 38.3 Å². The van der Waals surface area contributed by atoms with E-state index in [0.717, 1.165) is 23.9 Å². The van der Waals surface area contributed by atoms with Crippen molar-refractivity contribution in [1.82, 2.24) is 5.32 Å². The van der Waals surface area contributed by atoms with Crippen LogP contribution >= 0.6 is 15.9 Å². The third kappa shape index (κ3) is 4.77. The number of hydrogen-bond donors (Lipinski definition) is 1. The smallest absolute Gasteiger partial charge is 0.222 e. The van der Waals surface area contributed by atoms with E-state index in [4.69, 9.17) is 4.74 Å².